The van der Waals surface area contributed by atoms with Gasteiger partial charge in [0.15, 0.2) is 0 Å². The number of para-hydroxylation sites is 1. The Hall–Kier alpha value is -2.18. The molecule has 0 saturated carbocycles. The number of aromatic nitrogens is 1. The second-order valence-corrected chi connectivity index (χ2v) is 6.58. The Labute approximate surface area is 141 Å². The van der Waals surface area contributed by atoms with Crippen molar-refractivity contribution in [2.24, 2.45) is 0 Å². The predicted octanol–water partition coefficient (Wildman–Crippen LogP) is 4.07. The van der Waals surface area contributed by atoms with Gasteiger partial charge < -0.3 is 10.3 Å². The Balaban J connectivity index is 1.92. The largest absolute Gasteiger partial charge is 0.357 e. The first-order valence-electron chi connectivity index (χ1n) is 7.42. The molecule has 3 aromatic rings. The first-order valence-corrected chi connectivity index (χ1v) is 8.21. The van der Waals surface area contributed by atoms with Crippen molar-refractivity contribution in [1.29, 1.82) is 0 Å². The molecule has 4 rings (SSSR count). The van der Waals surface area contributed by atoms with Crippen molar-refractivity contribution >= 4 is 32.5 Å². The first kappa shape index (κ1) is 14.4. The maximum Gasteiger partial charge on any atom is 0.274 e. The lowest BCUT2D eigenvalue weighted by molar-refractivity contribution is -0.385. The summed E-state index contributed by atoms with van der Waals surface area (Å²) in [5, 5.41) is 15.9. The van der Waals surface area contributed by atoms with Gasteiger partial charge in [0.25, 0.3) is 5.69 Å². The monoisotopic (exact) mass is 371 g/mol. The summed E-state index contributed by atoms with van der Waals surface area (Å²) in [6.45, 7) is 0.795. The van der Waals surface area contributed by atoms with Gasteiger partial charge in [-0.1, -0.05) is 34.1 Å². The average Bonchev–Trinajstić information content (AvgIpc) is 2.92. The molecule has 0 saturated heterocycles. The molecule has 1 aromatic heterocycles. The third-order valence-corrected chi connectivity index (χ3v) is 4.85. The predicted molar refractivity (Wildman–Crippen MR) is 92.6 cm³/mol. The van der Waals surface area contributed by atoms with E-state index in [9.17, 15) is 10.1 Å². The third-order valence-electron chi connectivity index (χ3n) is 4.36. The van der Waals surface area contributed by atoms with Crippen molar-refractivity contribution in [2.45, 2.75) is 12.5 Å². The van der Waals surface area contributed by atoms with Crippen LogP contribution >= 0.6 is 15.9 Å². The molecule has 23 heavy (non-hydrogen) atoms. The number of hydrogen-bond donors (Lipinski definition) is 2. The lowest BCUT2D eigenvalue weighted by Crippen LogP contribution is -2.30. The van der Waals surface area contributed by atoms with Gasteiger partial charge in [-0.15, -0.1) is 0 Å². The molecule has 2 heterocycles. The van der Waals surface area contributed by atoms with E-state index in [0.29, 0.717) is 5.56 Å². The molecule has 1 aliphatic heterocycles. The minimum atomic E-state index is -0.315. The Morgan fingerprint density at radius 3 is 2.87 bits per heavy atom. The summed E-state index contributed by atoms with van der Waals surface area (Å²) in [5.74, 6) is 0. The van der Waals surface area contributed by atoms with Crippen molar-refractivity contribution in [3.05, 3.63) is 73.9 Å². The number of nitro benzene ring substituents is 1. The average molecular weight is 372 g/mol. The molecule has 0 spiro atoms. The molecule has 2 N–H and O–H groups in total. The molecular formula is C17H14BrN3O2. The minimum Gasteiger partial charge on any atom is -0.357 e. The normalized spacial score (nSPS) is 17.2. The van der Waals surface area contributed by atoms with Crippen molar-refractivity contribution in [2.75, 3.05) is 6.54 Å². The van der Waals surface area contributed by atoms with Crippen molar-refractivity contribution in [3.8, 4) is 0 Å². The Kier molecular flexibility index (Phi) is 3.43. The molecule has 0 fully saturated rings. The number of hydrogen-bond acceptors (Lipinski definition) is 3. The summed E-state index contributed by atoms with van der Waals surface area (Å²) >= 11 is 3.52. The standard InChI is InChI=1S/C17H14BrN3O2/c18-10-5-6-14-13(9-10)11-7-8-19-16(17(11)20-14)12-3-1-2-4-15(12)21(22)23/h1-6,9,16,19-20H,7-8H2. The maximum atomic E-state index is 11.4. The van der Waals surface area contributed by atoms with Crippen LogP contribution in [0.1, 0.15) is 22.9 Å². The van der Waals surface area contributed by atoms with Crippen LogP contribution in [-0.4, -0.2) is 16.5 Å². The fourth-order valence-electron chi connectivity index (χ4n) is 3.36. The van der Waals surface area contributed by atoms with Crippen molar-refractivity contribution in [3.63, 3.8) is 0 Å². The van der Waals surface area contributed by atoms with Gasteiger partial charge in [0.2, 0.25) is 0 Å². The van der Waals surface area contributed by atoms with Crippen LogP contribution in [-0.2, 0) is 6.42 Å². The summed E-state index contributed by atoms with van der Waals surface area (Å²) in [6.07, 6.45) is 0.906. The molecule has 0 bridgehead atoms. The highest BCUT2D eigenvalue weighted by atomic mass is 79.9. The van der Waals surface area contributed by atoms with Gasteiger partial charge in [-0.05, 0) is 30.2 Å². The molecule has 6 heteroatoms. The van der Waals surface area contributed by atoms with E-state index in [2.05, 4.69) is 32.3 Å². The molecule has 0 amide bonds. The van der Waals surface area contributed by atoms with Crippen LogP contribution in [0.3, 0.4) is 0 Å². The van der Waals surface area contributed by atoms with E-state index in [-0.39, 0.29) is 16.7 Å². The highest BCUT2D eigenvalue weighted by molar-refractivity contribution is 9.10. The Bertz CT molecular complexity index is 919. The zero-order valence-electron chi connectivity index (χ0n) is 12.2. The number of aromatic amines is 1. The highest BCUT2D eigenvalue weighted by Gasteiger charge is 2.29. The number of halogens is 1. The van der Waals surface area contributed by atoms with Gasteiger partial charge in [-0.25, -0.2) is 0 Å². The van der Waals surface area contributed by atoms with Gasteiger partial charge in [-0.3, -0.25) is 10.1 Å². The van der Waals surface area contributed by atoms with Crippen LogP contribution in [0.4, 0.5) is 5.69 Å². The second-order valence-electron chi connectivity index (χ2n) is 5.66. The van der Waals surface area contributed by atoms with E-state index in [0.717, 1.165) is 28.6 Å². The molecule has 5 nitrogen and oxygen atoms in total. The van der Waals surface area contributed by atoms with E-state index in [1.165, 1.54) is 10.9 Å². The highest BCUT2D eigenvalue weighted by Crippen LogP contribution is 2.37. The zero-order chi connectivity index (χ0) is 16.0. The van der Waals surface area contributed by atoms with Gasteiger partial charge in [0.1, 0.15) is 0 Å². The topological polar surface area (TPSA) is 71.0 Å². The molecule has 0 radical (unpaired) electrons. The summed E-state index contributed by atoms with van der Waals surface area (Å²) in [6, 6.07) is 12.9. The van der Waals surface area contributed by atoms with Crippen molar-refractivity contribution in [1.82, 2.24) is 10.3 Å². The van der Waals surface area contributed by atoms with Crippen LogP contribution in [0.15, 0.2) is 46.9 Å². The number of rotatable bonds is 2. The first-order chi connectivity index (χ1) is 11.1. The number of benzene rings is 2. The second kappa shape index (κ2) is 5.47. The van der Waals surface area contributed by atoms with Crippen LogP contribution in [0.2, 0.25) is 0 Å². The number of H-pyrrole nitrogens is 1. The number of nitrogens with one attached hydrogen (secondary N) is 2. The van der Waals surface area contributed by atoms with Gasteiger partial charge in [0.05, 0.1) is 16.5 Å². The summed E-state index contributed by atoms with van der Waals surface area (Å²) in [4.78, 5) is 14.5. The summed E-state index contributed by atoms with van der Waals surface area (Å²) in [7, 11) is 0. The van der Waals surface area contributed by atoms with E-state index < -0.39 is 0 Å². The quantitative estimate of drug-likeness (QED) is 0.526. The molecule has 1 atom stereocenters. The maximum absolute atomic E-state index is 11.4. The molecule has 1 aliphatic rings. The van der Waals surface area contributed by atoms with Crippen LogP contribution in [0.25, 0.3) is 10.9 Å². The SMILES string of the molecule is O=[N+]([O-])c1ccccc1C1NCCc2c1[nH]c1ccc(Br)cc21. The fraction of sp³-hybridized carbons (Fsp3) is 0.176. The molecule has 116 valence electrons. The molecular weight excluding hydrogens is 358 g/mol. The fourth-order valence-corrected chi connectivity index (χ4v) is 3.72. The van der Waals surface area contributed by atoms with Crippen LogP contribution in [0, 0.1) is 10.1 Å². The van der Waals surface area contributed by atoms with E-state index in [1.54, 1.807) is 12.1 Å². The zero-order valence-corrected chi connectivity index (χ0v) is 13.8. The van der Waals surface area contributed by atoms with E-state index >= 15 is 0 Å². The van der Waals surface area contributed by atoms with Gasteiger partial charge in [0, 0.05) is 33.7 Å². The molecule has 0 aliphatic carbocycles. The Morgan fingerprint density at radius 1 is 1.22 bits per heavy atom. The van der Waals surface area contributed by atoms with Crippen molar-refractivity contribution < 1.29 is 4.92 Å². The smallest absolute Gasteiger partial charge is 0.274 e. The van der Waals surface area contributed by atoms with Gasteiger partial charge in [-0.2, -0.15) is 0 Å². The van der Waals surface area contributed by atoms with E-state index in [4.69, 9.17) is 0 Å². The molecule has 1 unspecified atom stereocenters. The number of nitrogens with zero attached hydrogens (tertiary/aromatic N) is 1. The minimum absolute atomic E-state index is 0.151. The third kappa shape index (κ3) is 2.34. The Morgan fingerprint density at radius 2 is 2.04 bits per heavy atom. The number of nitro groups is 1. The van der Waals surface area contributed by atoms with Gasteiger partial charge >= 0.3 is 0 Å². The van der Waals surface area contributed by atoms with Crippen LogP contribution < -0.4 is 5.32 Å². The summed E-state index contributed by atoms with van der Waals surface area (Å²) in [5.41, 5.74) is 4.18. The number of fused-ring (bicyclic) bond motifs is 3. The lowest BCUT2D eigenvalue weighted by Gasteiger charge is -2.24. The van der Waals surface area contributed by atoms with Crippen LogP contribution in [0.5, 0.6) is 0 Å². The molecule has 2 aromatic carbocycles. The van der Waals surface area contributed by atoms with E-state index in [1.807, 2.05) is 24.3 Å². The lowest BCUT2D eigenvalue weighted by atomic mass is 9.93. The summed E-state index contributed by atoms with van der Waals surface area (Å²) < 4.78 is 1.03.